The number of aromatic nitrogens is 1. The van der Waals surface area contributed by atoms with Gasteiger partial charge in [0.25, 0.3) is 0 Å². The van der Waals surface area contributed by atoms with E-state index in [0.717, 1.165) is 29.0 Å². The van der Waals surface area contributed by atoms with E-state index in [1.165, 1.54) is 0 Å². The van der Waals surface area contributed by atoms with Gasteiger partial charge in [-0.2, -0.15) is 0 Å². The molecular weight excluding hydrogens is 391 g/mol. The summed E-state index contributed by atoms with van der Waals surface area (Å²) in [4.78, 5) is 4.02. The van der Waals surface area contributed by atoms with Crippen molar-refractivity contribution in [3.63, 3.8) is 0 Å². The lowest BCUT2D eigenvalue weighted by molar-refractivity contribution is 0.302. The lowest BCUT2D eigenvalue weighted by atomic mass is 10.2. The fourth-order valence-corrected chi connectivity index (χ4v) is 3.19. The first-order chi connectivity index (χ1) is 12.6. The van der Waals surface area contributed by atoms with E-state index in [9.17, 15) is 0 Å². The predicted octanol–water partition coefficient (Wildman–Crippen LogP) is 5.91. The van der Waals surface area contributed by atoms with Crippen LogP contribution in [0.15, 0.2) is 60.9 Å². The predicted molar refractivity (Wildman–Crippen MR) is 107 cm³/mol. The Hall–Kier alpha value is -1.78. The number of halogens is 3. The van der Waals surface area contributed by atoms with Gasteiger partial charge in [0.1, 0.15) is 12.4 Å². The third kappa shape index (κ3) is 5.12. The maximum absolute atomic E-state index is 6.21. The van der Waals surface area contributed by atoms with Crippen molar-refractivity contribution in [3.8, 4) is 5.75 Å². The molecule has 1 N–H and O–H groups in total. The molecule has 0 unspecified atom stereocenters. The fourth-order valence-electron chi connectivity index (χ4n) is 2.49. The number of rotatable bonds is 7. The van der Waals surface area contributed by atoms with Gasteiger partial charge in [0, 0.05) is 51.7 Å². The first-order valence-corrected chi connectivity index (χ1v) is 9.20. The zero-order valence-corrected chi connectivity index (χ0v) is 16.2. The zero-order valence-electron chi connectivity index (χ0n) is 13.9. The summed E-state index contributed by atoms with van der Waals surface area (Å²) >= 11 is 18.6. The lowest BCUT2D eigenvalue weighted by Gasteiger charge is -2.14. The van der Waals surface area contributed by atoms with E-state index >= 15 is 0 Å². The summed E-state index contributed by atoms with van der Waals surface area (Å²) in [5.41, 5.74) is 2.89. The molecule has 6 heteroatoms. The van der Waals surface area contributed by atoms with Gasteiger partial charge in [-0.05, 0) is 48.0 Å². The van der Waals surface area contributed by atoms with E-state index < -0.39 is 0 Å². The quantitative estimate of drug-likeness (QED) is 0.528. The van der Waals surface area contributed by atoms with Crippen LogP contribution in [0, 0.1) is 0 Å². The van der Waals surface area contributed by atoms with Crippen molar-refractivity contribution >= 4 is 34.8 Å². The van der Waals surface area contributed by atoms with Gasteiger partial charge in [-0.1, -0.05) is 40.9 Å². The topological polar surface area (TPSA) is 34.1 Å². The number of benzene rings is 2. The van der Waals surface area contributed by atoms with Gasteiger partial charge in [0.05, 0.1) is 0 Å². The molecule has 26 heavy (non-hydrogen) atoms. The van der Waals surface area contributed by atoms with Crippen molar-refractivity contribution in [1.82, 2.24) is 10.3 Å². The van der Waals surface area contributed by atoms with Gasteiger partial charge >= 0.3 is 0 Å². The van der Waals surface area contributed by atoms with Crippen molar-refractivity contribution in [1.29, 1.82) is 0 Å². The number of hydrogen-bond donors (Lipinski definition) is 1. The highest BCUT2D eigenvalue weighted by molar-refractivity contribution is 6.36. The summed E-state index contributed by atoms with van der Waals surface area (Å²) in [5, 5.41) is 5.22. The Morgan fingerprint density at radius 1 is 0.885 bits per heavy atom. The average Bonchev–Trinajstić information content (AvgIpc) is 2.64. The maximum Gasteiger partial charge on any atom is 0.124 e. The normalized spacial score (nSPS) is 10.7. The first kappa shape index (κ1) is 19.0. The second-order valence-electron chi connectivity index (χ2n) is 5.70. The molecule has 2 aromatic carbocycles. The molecule has 3 aromatic rings. The highest BCUT2D eigenvalue weighted by atomic mass is 35.5. The molecule has 0 aliphatic rings. The number of nitrogens with zero attached hydrogens (tertiary/aromatic N) is 1. The van der Waals surface area contributed by atoms with Crippen molar-refractivity contribution in [3.05, 3.63) is 92.7 Å². The van der Waals surface area contributed by atoms with Gasteiger partial charge in [-0.15, -0.1) is 0 Å². The van der Waals surface area contributed by atoms with Crippen LogP contribution in [0.1, 0.15) is 16.7 Å². The van der Waals surface area contributed by atoms with E-state index in [2.05, 4.69) is 10.3 Å². The molecule has 0 spiro atoms. The summed E-state index contributed by atoms with van der Waals surface area (Å²) in [6.07, 6.45) is 3.55. The molecule has 0 aliphatic heterocycles. The molecule has 0 atom stereocenters. The Morgan fingerprint density at radius 2 is 1.62 bits per heavy atom. The largest absolute Gasteiger partial charge is 0.488 e. The molecule has 1 heterocycles. The highest BCUT2D eigenvalue weighted by Gasteiger charge is 2.09. The van der Waals surface area contributed by atoms with Crippen LogP contribution in [0.25, 0.3) is 0 Å². The third-order valence-electron chi connectivity index (χ3n) is 3.85. The Morgan fingerprint density at radius 3 is 2.35 bits per heavy atom. The van der Waals surface area contributed by atoms with Crippen LogP contribution < -0.4 is 10.1 Å². The molecule has 0 radical (unpaired) electrons. The molecule has 1 aromatic heterocycles. The van der Waals surface area contributed by atoms with Crippen molar-refractivity contribution in [2.24, 2.45) is 0 Å². The van der Waals surface area contributed by atoms with Crippen LogP contribution in [-0.2, 0) is 19.7 Å². The standard InChI is InChI=1S/C20H17Cl3N2O/c21-16-4-5-20(26-13-17-18(22)2-1-3-19(17)23)15(10-16)12-25-11-14-6-8-24-9-7-14/h1-10,25H,11-13H2. The van der Waals surface area contributed by atoms with Crippen LogP contribution in [0.3, 0.4) is 0 Å². The SMILES string of the molecule is Clc1ccc(OCc2c(Cl)cccc2Cl)c(CNCc2ccncc2)c1. The Balaban J connectivity index is 1.67. The molecular formula is C20H17Cl3N2O. The van der Waals surface area contributed by atoms with Crippen LogP contribution in [0.2, 0.25) is 15.1 Å². The Labute approximate surface area is 167 Å². The van der Waals surface area contributed by atoms with Crippen LogP contribution in [0.5, 0.6) is 5.75 Å². The minimum absolute atomic E-state index is 0.289. The molecule has 0 saturated heterocycles. The summed E-state index contributed by atoms with van der Waals surface area (Å²) in [7, 11) is 0. The van der Waals surface area contributed by atoms with E-state index in [-0.39, 0.29) is 6.61 Å². The van der Waals surface area contributed by atoms with E-state index in [1.807, 2.05) is 30.3 Å². The monoisotopic (exact) mass is 406 g/mol. The molecule has 3 nitrogen and oxygen atoms in total. The molecule has 3 rings (SSSR count). The molecule has 0 fully saturated rings. The van der Waals surface area contributed by atoms with Crippen molar-refractivity contribution < 1.29 is 4.74 Å². The lowest BCUT2D eigenvalue weighted by Crippen LogP contribution is -2.13. The maximum atomic E-state index is 6.21. The number of pyridine rings is 1. The summed E-state index contributed by atoms with van der Waals surface area (Å²) in [6.45, 7) is 1.64. The molecule has 0 amide bonds. The van der Waals surface area contributed by atoms with Gasteiger partial charge < -0.3 is 10.1 Å². The van der Waals surface area contributed by atoms with Gasteiger partial charge in [0.2, 0.25) is 0 Å². The van der Waals surface area contributed by atoms with Gasteiger partial charge in [-0.3, -0.25) is 4.98 Å². The molecule has 0 aliphatic carbocycles. The van der Waals surface area contributed by atoms with Crippen molar-refractivity contribution in [2.45, 2.75) is 19.7 Å². The summed E-state index contributed by atoms with van der Waals surface area (Å²) < 4.78 is 5.97. The molecule has 0 bridgehead atoms. The Kier molecular flexibility index (Phi) is 6.75. The zero-order chi connectivity index (χ0) is 18.4. The second-order valence-corrected chi connectivity index (χ2v) is 6.95. The highest BCUT2D eigenvalue weighted by Crippen LogP contribution is 2.28. The number of nitrogens with one attached hydrogen (secondary N) is 1. The van der Waals surface area contributed by atoms with E-state index in [0.29, 0.717) is 21.6 Å². The third-order valence-corrected chi connectivity index (χ3v) is 4.79. The first-order valence-electron chi connectivity index (χ1n) is 8.07. The van der Waals surface area contributed by atoms with E-state index in [1.54, 1.807) is 30.6 Å². The summed E-state index contributed by atoms with van der Waals surface area (Å²) in [6, 6.07) is 14.9. The second kappa shape index (κ2) is 9.24. The van der Waals surface area contributed by atoms with Gasteiger partial charge in [0.15, 0.2) is 0 Å². The van der Waals surface area contributed by atoms with Crippen LogP contribution >= 0.6 is 34.8 Å². The van der Waals surface area contributed by atoms with Crippen LogP contribution in [-0.4, -0.2) is 4.98 Å². The van der Waals surface area contributed by atoms with Gasteiger partial charge in [-0.25, -0.2) is 0 Å². The fraction of sp³-hybridized carbons (Fsp3) is 0.150. The number of ether oxygens (including phenoxy) is 1. The Bertz CT molecular complexity index is 852. The number of hydrogen-bond acceptors (Lipinski definition) is 3. The molecule has 134 valence electrons. The van der Waals surface area contributed by atoms with Crippen molar-refractivity contribution in [2.75, 3.05) is 0 Å². The summed E-state index contributed by atoms with van der Waals surface area (Å²) in [5.74, 6) is 0.743. The smallest absolute Gasteiger partial charge is 0.124 e. The molecule has 0 saturated carbocycles. The average molecular weight is 408 g/mol. The minimum Gasteiger partial charge on any atom is -0.488 e. The van der Waals surface area contributed by atoms with Crippen LogP contribution in [0.4, 0.5) is 0 Å². The minimum atomic E-state index is 0.289. The van der Waals surface area contributed by atoms with E-state index in [4.69, 9.17) is 39.5 Å².